The standard InChI is InChI=1S/C18H24O/c19-18-11-10-17(13-18)16-8-6-15(7-9-16)12-14-4-2-1-3-5-14/h6-9,14,17H,1-5,10-13H2. The molecule has 0 aliphatic heterocycles. The lowest BCUT2D eigenvalue weighted by atomic mass is 9.84. The molecule has 1 aromatic rings. The molecule has 0 amide bonds. The zero-order valence-electron chi connectivity index (χ0n) is 11.7. The summed E-state index contributed by atoms with van der Waals surface area (Å²) in [6.45, 7) is 0. The Bertz CT molecular complexity index is 426. The van der Waals surface area contributed by atoms with Crippen molar-refractivity contribution in [1.82, 2.24) is 0 Å². The molecule has 1 atom stereocenters. The van der Waals surface area contributed by atoms with Crippen molar-refractivity contribution >= 4 is 5.78 Å². The number of rotatable bonds is 3. The number of carbonyl (C=O) groups excluding carboxylic acids is 1. The zero-order valence-corrected chi connectivity index (χ0v) is 11.7. The van der Waals surface area contributed by atoms with Crippen molar-refractivity contribution in [1.29, 1.82) is 0 Å². The molecule has 1 nitrogen and oxygen atoms in total. The Kier molecular flexibility index (Phi) is 4.00. The van der Waals surface area contributed by atoms with E-state index in [0.717, 1.165) is 25.2 Å². The first-order chi connectivity index (χ1) is 9.31. The summed E-state index contributed by atoms with van der Waals surface area (Å²) in [5, 5.41) is 0. The molecule has 0 saturated heterocycles. The Morgan fingerprint density at radius 1 is 0.947 bits per heavy atom. The summed E-state index contributed by atoms with van der Waals surface area (Å²) >= 11 is 0. The largest absolute Gasteiger partial charge is 0.300 e. The molecule has 0 bridgehead atoms. The van der Waals surface area contributed by atoms with E-state index in [9.17, 15) is 4.79 Å². The number of benzene rings is 1. The number of hydrogen-bond acceptors (Lipinski definition) is 1. The minimum absolute atomic E-state index is 0.441. The fourth-order valence-corrected chi connectivity index (χ4v) is 3.75. The summed E-state index contributed by atoms with van der Waals surface area (Å²) in [6.07, 6.45) is 11.0. The second-order valence-electron chi connectivity index (χ2n) is 6.43. The fraction of sp³-hybridized carbons (Fsp3) is 0.611. The number of carbonyl (C=O) groups is 1. The minimum Gasteiger partial charge on any atom is -0.300 e. The van der Waals surface area contributed by atoms with Gasteiger partial charge in [-0.05, 0) is 35.8 Å². The van der Waals surface area contributed by atoms with Crippen LogP contribution in [0.3, 0.4) is 0 Å². The van der Waals surface area contributed by atoms with Crippen LogP contribution >= 0.6 is 0 Å². The van der Waals surface area contributed by atoms with Gasteiger partial charge in [0.15, 0.2) is 0 Å². The summed E-state index contributed by atoms with van der Waals surface area (Å²) < 4.78 is 0. The maximum atomic E-state index is 11.4. The van der Waals surface area contributed by atoms with E-state index in [1.807, 2.05) is 0 Å². The van der Waals surface area contributed by atoms with E-state index in [0.29, 0.717) is 11.7 Å². The fourth-order valence-electron chi connectivity index (χ4n) is 3.75. The van der Waals surface area contributed by atoms with Gasteiger partial charge in [-0.3, -0.25) is 4.79 Å². The third-order valence-corrected chi connectivity index (χ3v) is 4.95. The molecule has 102 valence electrons. The van der Waals surface area contributed by atoms with Crippen LogP contribution in [0.4, 0.5) is 0 Å². The first-order valence-corrected chi connectivity index (χ1v) is 7.92. The molecule has 1 unspecified atom stereocenters. The topological polar surface area (TPSA) is 17.1 Å². The summed E-state index contributed by atoms with van der Waals surface area (Å²) in [5.74, 6) is 1.85. The first kappa shape index (κ1) is 12.9. The van der Waals surface area contributed by atoms with Crippen molar-refractivity contribution in [3.05, 3.63) is 35.4 Å². The van der Waals surface area contributed by atoms with Gasteiger partial charge >= 0.3 is 0 Å². The molecule has 2 aliphatic rings. The normalized spacial score (nSPS) is 24.8. The van der Waals surface area contributed by atoms with Crippen molar-refractivity contribution < 1.29 is 4.79 Å². The van der Waals surface area contributed by atoms with Gasteiger partial charge < -0.3 is 0 Å². The quantitative estimate of drug-likeness (QED) is 0.769. The van der Waals surface area contributed by atoms with Crippen molar-refractivity contribution in [3.63, 3.8) is 0 Å². The smallest absolute Gasteiger partial charge is 0.133 e. The SMILES string of the molecule is O=C1CCC(c2ccc(CC3CCCCC3)cc2)C1. The molecule has 3 rings (SSSR count). The van der Waals surface area contributed by atoms with E-state index in [1.54, 1.807) is 0 Å². The highest BCUT2D eigenvalue weighted by molar-refractivity contribution is 5.81. The maximum Gasteiger partial charge on any atom is 0.133 e. The van der Waals surface area contributed by atoms with Crippen LogP contribution in [0.5, 0.6) is 0 Å². The Hall–Kier alpha value is -1.11. The van der Waals surface area contributed by atoms with Crippen LogP contribution in [0, 0.1) is 5.92 Å². The molecular weight excluding hydrogens is 232 g/mol. The summed E-state index contributed by atoms with van der Waals surface area (Å²) in [5.41, 5.74) is 2.86. The predicted molar refractivity (Wildman–Crippen MR) is 78.3 cm³/mol. The molecule has 1 aromatic carbocycles. The molecule has 0 spiro atoms. The summed E-state index contributed by atoms with van der Waals surface area (Å²) in [6, 6.07) is 9.13. The van der Waals surface area contributed by atoms with Gasteiger partial charge in [-0.25, -0.2) is 0 Å². The summed E-state index contributed by atoms with van der Waals surface area (Å²) in [7, 11) is 0. The second kappa shape index (κ2) is 5.90. The van der Waals surface area contributed by atoms with Crippen molar-refractivity contribution in [2.75, 3.05) is 0 Å². The van der Waals surface area contributed by atoms with Crippen LogP contribution in [0.25, 0.3) is 0 Å². The van der Waals surface area contributed by atoms with Crippen LogP contribution in [0.15, 0.2) is 24.3 Å². The highest BCUT2D eigenvalue weighted by atomic mass is 16.1. The van der Waals surface area contributed by atoms with Crippen molar-refractivity contribution in [2.24, 2.45) is 5.92 Å². The van der Waals surface area contributed by atoms with Gasteiger partial charge in [0.2, 0.25) is 0 Å². The van der Waals surface area contributed by atoms with Crippen molar-refractivity contribution in [3.8, 4) is 0 Å². The molecule has 0 heterocycles. The number of Topliss-reactive ketones (excluding diaryl/α,β-unsaturated/α-hetero) is 1. The van der Waals surface area contributed by atoms with Crippen LogP contribution in [-0.2, 0) is 11.2 Å². The molecule has 2 fully saturated rings. The molecule has 0 radical (unpaired) electrons. The van der Waals surface area contributed by atoms with Gasteiger partial charge in [-0.15, -0.1) is 0 Å². The average molecular weight is 256 g/mol. The maximum absolute atomic E-state index is 11.4. The number of hydrogen-bond donors (Lipinski definition) is 0. The van der Waals surface area contributed by atoms with Crippen LogP contribution in [0.2, 0.25) is 0 Å². The molecule has 2 saturated carbocycles. The predicted octanol–water partition coefficient (Wildman–Crippen LogP) is 4.65. The molecule has 0 N–H and O–H groups in total. The zero-order chi connectivity index (χ0) is 13.1. The van der Waals surface area contributed by atoms with Gasteiger partial charge in [0, 0.05) is 12.8 Å². The average Bonchev–Trinajstić information content (AvgIpc) is 2.87. The van der Waals surface area contributed by atoms with E-state index in [-0.39, 0.29) is 0 Å². The van der Waals surface area contributed by atoms with E-state index in [2.05, 4.69) is 24.3 Å². The van der Waals surface area contributed by atoms with Gasteiger partial charge in [-0.1, -0.05) is 56.4 Å². The Morgan fingerprint density at radius 3 is 2.32 bits per heavy atom. The third kappa shape index (κ3) is 3.26. The van der Waals surface area contributed by atoms with Crippen LogP contribution in [0.1, 0.15) is 68.4 Å². The first-order valence-electron chi connectivity index (χ1n) is 7.92. The highest BCUT2D eigenvalue weighted by Gasteiger charge is 2.23. The van der Waals surface area contributed by atoms with E-state index >= 15 is 0 Å². The van der Waals surface area contributed by atoms with E-state index in [4.69, 9.17) is 0 Å². The summed E-state index contributed by atoms with van der Waals surface area (Å²) in [4.78, 5) is 11.4. The van der Waals surface area contributed by atoms with Gasteiger partial charge in [0.05, 0.1) is 0 Å². The van der Waals surface area contributed by atoms with Crippen LogP contribution < -0.4 is 0 Å². The van der Waals surface area contributed by atoms with Gasteiger partial charge in [-0.2, -0.15) is 0 Å². The third-order valence-electron chi connectivity index (χ3n) is 4.95. The number of ketones is 1. The Labute approximate surface area is 116 Å². The van der Waals surface area contributed by atoms with Gasteiger partial charge in [0.1, 0.15) is 5.78 Å². The second-order valence-corrected chi connectivity index (χ2v) is 6.43. The molecular formula is C18H24O. The lowest BCUT2D eigenvalue weighted by Gasteiger charge is -2.21. The van der Waals surface area contributed by atoms with Crippen LogP contribution in [-0.4, -0.2) is 5.78 Å². The Balaban J connectivity index is 1.60. The lowest BCUT2D eigenvalue weighted by Crippen LogP contribution is -2.09. The van der Waals surface area contributed by atoms with Gasteiger partial charge in [0.25, 0.3) is 0 Å². The molecule has 1 heteroatoms. The minimum atomic E-state index is 0.441. The van der Waals surface area contributed by atoms with E-state index < -0.39 is 0 Å². The molecule has 2 aliphatic carbocycles. The highest BCUT2D eigenvalue weighted by Crippen LogP contribution is 2.32. The van der Waals surface area contributed by atoms with E-state index in [1.165, 1.54) is 49.7 Å². The molecule has 19 heavy (non-hydrogen) atoms. The Morgan fingerprint density at radius 2 is 1.68 bits per heavy atom. The monoisotopic (exact) mass is 256 g/mol. The molecule has 0 aromatic heterocycles. The lowest BCUT2D eigenvalue weighted by molar-refractivity contribution is -0.117. The van der Waals surface area contributed by atoms with Crippen molar-refractivity contribution in [2.45, 2.75) is 63.7 Å².